The minimum absolute atomic E-state index is 0.0656. The number of hydrogen-bond acceptors (Lipinski definition) is 6. The Labute approximate surface area is 163 Å². The summed E-state index contributed by atoms with van der Waals surface area (Å²) < 4.78 is 5.66. The van der Waals surface area contributed by atoms with Crippen LogP contribution in [0.1, 0.15) is 40.2 Å². The molecule has 0 bridgehead atoms. The predicted octanol–water partition coefficient (Wildman–Crippen LogP) is 1.68. The Morgan fingerprint density at radius 2 is 1.96 bits per heavy atom. The molecule has 28 heavy (non-hydrogen) atoms. The number of carbonyl (C=O) groups is 2. The van der Waals surface area contributed by atoms with Gasteiger partial charge >= 0.3 is 0 Å². The second kappa shape index (κ2) is 7.93. The molecule has 0 unspecified atom stereocenters. The van der Waals surface area contributed by atoms with Gasteiger partial charge in [0.15, 0.2) is 11.4 Å². The van der Waals surface area contributed by atoms with Gasteiger partial charge in [-0.1, -0.05) is 0 Å². The van der Waals surface area contributed by atoms with Crippen LogP contribution < -0.4 is 10.5 Å². The molecule has 2 aliphatic rings. The van der Waals surface area contributed by atoms with E-state index in [1.54, 1.807) is 35.4 Å². The van der Waals surface area contributed by atoms with E-state index in [0.29, 0.717) is 24.9 Å². The molecule has 8 heteroatoms. The molecular weight excluding hydrogens is 358 g/mol. The Kier molecular flexibility index (Phi) is 5.21. The fourth-order valence-electron chi connectivity index (χ4n) is 3.47. The van der Waals surface area contributed by atoms with E-state index in [1.165, 1.54) is 19.0 Å². The number of carbonyl (C=O) groups excluding carboxylic acids is 2. The molecule has 1 saturated heterocycles. The van der Waals surface area contributed by atoms with E-state index in [2.05, 4.69) is 14.9 Å². The van der Waals surface area contributed by atoms with Crippen molar-refractivity contribution >= 4 is 11.8 Å². The number of ether oxygens (including phenoxy) is 1. The average Bonchev–Trinajstić information content (AvgIpc) is 3.55. The molecule has 0 radical (unpaired) electrons. The summed E-state index contributed by atoms with van der Waals surface area (Å²) in [6.07, 6.45) is 6.60. The Bertz CT molecular complexity index is 869. The first-order valence-electron chi connectivity index (χ1n) is 9.54. The molecule has 2 aromatic rings. The smallest absolute Gasteiger partial charge is 0.272 e. The summed E-state index contributed by atoms with van der Waals surface area (Å²) in [6, 6.07) is 7.25. The number of aromatic nitrogens is 2. The number of nitrogens with two attached hydrogens (primary N) is 1. The standard InChI is InChI=1S/C20H23N5O3/c21-19(26)18-17(28-15-3-1-8-22-13-15)7-6-16(23-18)20(27)25-10-2-9-24(11-12-25)14-4-5-14/h1,3,6-8,13-14H,2,4-5,9-12H2,(H2,21,26). The van der Waals surface area contributed by atoms with Crippen molar-refractivity contribution < 1.29 is 14.3 Å². The lowest BCUT2D eigenvalue weighted by molar-refractivity contribution is 0.0755. The first-order valence-corrected chi connectivity index (χ1v) is 9.54. The predicted molar refractivity (Wildman–Crippen MR) is 102 cm³/mol. The van der Waals surface area contributed by atoms with Crippen molar-refractivity contribution in [2.75, 3.05) is 26.2 Å². The van der Waals surface area contributed by atoms with Gasteiger partial charge in [0.1, 0.15) is 11.4 Å². The molecule has 2 fully saturated rings. The Morgan fingerprint density at radius 3 is 2.68 bits per heavy atom. The van der Waals surface area contributed by atoms with Crippen molar-refractivity contribution in [1.29, 1.82) is 0 Å². The van der Waals surface area contributed by atoms with E-state index in [1.807, 2.05) is 0 Å². The normalized spacial score (nSPS) is 17.8. The van der Waals surface area contributed by atoms with Crippen LogP contribution in [0.2, 0.25) is 0 Å². The largest absolute Gasteiger partial charge is 0.453 e. The molecule has 146 valence electrons. The highest BCUT2D eigenvalue weighted by Gasteiger charge is 2.31. The van der Waals surface area contributed by atoms with Crippen LogP contribution in [0, 0.1) is 0 Å². The van der Waals surface area contributed by atoms with E-state index in [4.69, 9.17) is 10.5 Å². The van der Waals surface area contributed by atoms with E-state index >= 15 is 0 Å². The minimum Gasteiger partial charge on any atom is -0.453 e. The molecule has 3 heterocycles. The van der Waals surface area contributed by atoms with Crippen molar-refractivity contribution in [3.05, 3.63) is 48.0 Å². The first kappa shape index (κ1) is 18.4. The van der Waals surface area contributed by atoms with Gasteiger partial charge in [-0.25, -0.2) is 4.98 Å². The number of primary amides is 1. The third kappa shape index (κ3) is 4.12. The number of hydrogen-bond donors (Lipinski definition) is 1. The summed E-state index contributed by atoms with van der Waals surface area (Å²) >= 11 is 0. The van der Waals surface area contributed by atoms with Gasteiger partial charge in [0.25, 0.3) is 11.8 Å². The molecule has 0 spiro atoms. The molecule has 2 amide bonds. The van der Waals surface area contributed by atoms with Crippen LogP contribution >= 0.6 is 0 Å². The van der Waals surface area contributed by atoms with Gasteiger partial charge < -0.3 is 15.4 Å². The molecule has 2 N–H and O–H groups in total. The monoisotopic (exact) mass is 381 g/mol. The molecule has 1 saturated carbocycles. The van der Waals surface area contributed by atoms with E-state index < -0.39 is 5.91 Å². The summed E-state index contributed by atoms with van der Waals surface area (Å²) in [5.74, 6) is -0.274. The van der Waals surface area contributed by atoms with Crippen LogP contribution in [-0.4, -0.2) is 63.8 Å². The fraction of sp³-hybridized carbons (Fsp3) is 0.400. The van der Waals surface area contributed by atoms with Crippen LogP contribution in [-0.2, 0) is 0 Å². The zero-order chi connectivity index (χ0) is 19.5. The topological polar surface area (TPSA) is 102 Å². The lowest BCUT2D eigenvalue weighted by Gasteiger charge is -2.21. The number of nitrogens with zero attached hydrogens (tertiary/aromatic N) is 4. The number of pyridine rings is 2. The van der Waals surface area contributed by atoms with E-state index in [9.17, 15) is 9.59 Å². The molecule has 8 nitrogen and oxygen atoms in total. The van der Waals surface area contributed by atoms with Gasteiger partial charge in [0, 0.05) is 38.4 Å². The van der Waals surface area contributed by atoms with Gasteiger partial charge in [-0.15, -0.1) is 0 Å². The van der Waals surface area contributed by atoms with Crippen molar-refractivity contribution in [1.82, 2.24) is 19.8 Å². The summed E-state index contributed by atoms with van der Waals surface area (Å²) in [5.41, 5.74) is 5.61. The third-order valence-electron chi connectivity index (χ3n) is 5.05. The average molecular weight is 381 g/mol. The summed E-state index contributed by atoms with van der Waals surface area (Å²) in [7, 11) is 0. The molecule has 0 atom stereocenters. The zero-order valence-electron chi connectivity index (χ0n) is 15.6. The SMILES string of the molecule is NC(=O)c1nc(C(=O)N2CCCN(C3CC3)CC2)ccc1Oc1cccnc1. The molecule has 0 aromatic carbocycles. The highest BCUT2D eigenvalue weighted by molar-refractivity contribution is 5.97. The highest BCUT2D eigenvalue weighted by Crippen LogP contribution is 2.28. The Balaban J connectivity index is 1.51. The van der Waals surface area contributed by atoms with E-state index in [-0.39, 0.29) is 23.0 Å². The zero-order valence-corrected chi connectivity index (χ0v) is 15.6. The first-order chi connectivity index (χ1) is 13.6. The Hall–Kier alpha value is -3.00. The Morgan fingerprint density at radius 1 is 1.11 bits per heavy atom. The van der Waals surface area contributed by atoms with Crippen LogP contribution in [0.3, 0.4) is 0 Å². The molecule has 2 aromatic heterocycles. The number of rotatable bonds is 5. The lowest BCUT2D eigenvalue weighted by Crippen LogP contribution is -2.36. The lowest BCUT2D eigenvalue weighted by atomic mass is 10.2. The number of amides is 2. The summed E-state index contributed by atoms with van der Waals surface area (Å²) in [4.78, 5) is 37.3. The van der Waals surface area contributed by atoms with Gasteiger partial charge in [0.2, 0.25) is 0 Å². The van der Waals surface area contributed by atoms with Gasteiger partial charge in [-0.3, -0.25) is 19.5 Å². The summed E-state index contributed by atoms with van der Waals surface area (Å²) in [6.45, 7) is 3.24. The van der Waals surface area contributed by atoms with Crippen molar-refractivity contribution in [3.8, 4) is 11.5 Å². The maximum absolute atomic E-state index is 12.9. The maximum atomic E-state index is 12.9. The third-order valence-corrected chi connectivity index (χ3v) is 5.05. The van der Waals surface area contributed by atoms with Gasteiger partial charge in [-0.05, 0) is 43.5 Å². The van der Waals surface area contributed by atoms with Crippen LogP contribution in [0.4, 0.5) is 0 Å². The molecule has 1 aliphatic carbocycles. The van der Waals surface area contributed by atoms with Crippen LogP contribution in [0.5, 0.6) is 11.5 Å². The maximum Gasteiger partial charge on any atom is 0.272 e. The van der Waals surface area contributed by atoms with Gasteiger partial charge in [-0.2, -0.15) is 0 Å². The van der Waals surface area contributed by atoms with Crippen molar-refractivity contribution in [2.45, 2.75) is 25.3 Å². The van der Waals surface area contributed by atoms with Crippen LogP contribution in [0.15, 0.2) is 36.7 Å². The highest BCUT2D eigenvalue weighted by atomic mass is 16.5. The second-order valence-corrected chi connectivity index (χ2v) is 7.11. The van der Waals surface area contributed by atoms with Gasteiger partial charge in [0.05, 0.1) is 6.20 Å². The minimum atomic E-state index is -0.746. The molecule has 1 aliphatic heterocycles. The van der Waals surface area contributed by atoms with Crippen LogP contribution in [0.25, 0.3) is 0 Å². The molecular formula is C20H23N5O3. The fourth-order valence-corrected chi connectivity index (χ4v) is 3.47. The quantitative estimate of drug-likeness (QED) is 0.845. The van der Waals surface area contributed by atoms with Crippen molar-refractivity contribution in [3.63, 3.8) is 0 Å². The summed E-state index contributed by atoms with van der Waals surface area (Å²) in [5, 5.41) is 0. The van der Waals surface area contributed by atoms with E-state index in [0.717, 1.165) is 19.5 Å². The van der Waals surface area contributed by atoms with Crippen molar-refractivity contribution in [2.24, 2.45) is 5.73 Å². The molecule has 4 rings (SSSR count). The second-order valence-electron chi connectivity index (χ2n) is 7.11.